The van der Waals surface area contributed by atoms with Gasteiger partial charge in [0.15, 0.2) is 5.65 Å². The lowest BCUT2D eigenvalue weighted by Crippen LogP contribution is -2.35. The van der Waals surface area contributed by atoms with Crippen LogP contribution in [0.5, 0.6) is 0 Å². The molecule has 0 spiro atoms. The standard InChI is InChI=1S/C21H19ClF2N6O2/c1-11-5-6-12(8-21(11,23)24)9-30-10-25-17-16(30)15(13-3-2-4-14(22)7-13)26-18(27-17)19-28-20(31)32-29-19/h2-4,7,10-12H,5-6,8-9H2,1H3,(H,28,29,31). The van der Waals surface area contributed by atoms with E-state index in [-0.39, 0.29) is 24.0 Å². The van der Waals surface area contributed by atoms with Crippen LogP contribution < -0.4 is 5.76 Å². The van der Waals surface area contributed by atoms with Crippen LogP contribution in [0, 0.1) is 11.8 Å². The Balaban J connectivity index is 1.62. The predicted octanol–water partition coefficient (Wildman–Crippen LogP) is 4.56. The van der Waals surface area contributed by atoms with Crippen molar-refractivity contribution in [3.8, 4) is 22.9 Å². The van der Waals surface area contributed by atoms with Gasteiger partial charge in [-0.1, -0.05) is 35.8 Å². The second-order valence-electron chi connectivity index (χ2n) is 8.23. The lowest BCUT2D eigenvalue weighted by molar-refractivity contribution is -0.0970. The Bertz CT molecular complexity index is 1350. The van der Waals surface area contributed by atoms with E-state index < -0.39 is 17.6 Å². The van der Waals surface area contributed by atoms with Gasteiger partial charge in [0.25, 0.3) is 5.92 Å². The van der Waals surface area contributed by atoms with Crippen LogP contribution in [0.3, 0.4) is 0 Å². The molecule has 0 bridgehead atoms. The van der Waals surface area contributed by atoms with Crippen molar-refractivity contribution in [2.24, 2.45) is 11.8 Å². The molecular weight excluding hydrogens is 442 g/mol. The number of aromatic nitrogens is 6. The van der Waals surface area contributed by atoms with Crippen LogP contribution in [0.4, 0.5) is 8.78 Å². The van der Waals surface area contributed by atoms with Gasteiger partial charge < -0.3 is 4.57 Å². The first-order chi connectivity index (χ1) is 15.3. The number of nitrogens with zero attached hydrogens (tertiary/aromatic N) is 5. The summed E-state index contributed by atoms with van der Waals surface area (Å²) in [6.45, 7) is 1.97. The van der Waals surface area contributed by atoms with Gasteiger partial charge in [0.2, 0.25) is 11.6 Å². The number of alkyl halides is 2. The molecule has 32 heavy (non-hydrogen) atoms. The van der Waals surface area contributed by atoms with Crippen LogP contribution in [0.2, 0.25) is 5.02 Å². The smallest absolute Gasteiger partial charge is 0.327 e. The monoisotopic (exact) mass is 460 g/mol. The first-order valence-electron chi connectivity index (χ1n) is 10.2. The SMILES string of the molecule is CC1CCC(Cn2cnc3nc(-c4noc(=O)[nH]4)nc(-c4cccc(Cl)c4)c32)CC1(F)F. The van der Waals surface area contributed by atoms with Gasteiger partial charge in [-0.25, -0.2) is 28.5 Å². The van der Waals surface area contributed by atoms with Crippen molar-refractivity contribution in [1.82, 2.24) is 29.7 Å². The molecule has 166 valence electrons. The summed E-state index contributed by atoms with van der Waals surface area (Å²) in [5.41, 5.74) is 2.15. The molecule has 3 aromatic heterocycles. The van der Waals surface area contributed by atoms with Crippen molar-refractivity contribution in [2.75, 3.05) is 0 Å². The quantitative estimate of drug-likeness (QED) is 0.479. The maximum Gasteiger partial charge on any atom is 0.439 e. The van der Waals surface area contributed by atoms with Gasteiger partial charge in [0.05, 0.1) is 6.33 Å². The zero-order valence-electron chi connectivity index (χ0n) is 17.1. The summed E-state index contributed by atoms with van der Waals surface area (Å²) in [5, 5.41) is 4.17. The molecule has 2 unspecified atom stereocenters. The van der Waals surface area contributed by atoms with Crippen molar-refractivity contribution in [2.45, 2.75) is 38.7 Å². The van der Waals surface area contributed by atoms with Crippen molar-refractivity contribution in [3.63, 3.8) is 0 Å². The normalized spacial score (nSPS) is 20.6. The van der Waals surface area contributed by atoms with Crippen LogP contribution in [-0.4, -0.2) is 35.6 Å². The predicted molar refractivity (Wildman–Crippen MR) is 113 cm³/mol. The third kappa shape index (κ3) is 3.79. The van der Waals surface area contributed by atoms with Gasteiger partial charge in [0.1, 0.15) is 11.2 Å². The Hall–Kier alpha value is -3.14. The molecule has 5 rings (SSSR count). The highest BCUT2D eigenvalue weighted by molar-refractivity contribution is 6.30. The Kier molecular flexibility index (Phi) is 5.04. The summed E-state index contributed by atoms with van der Waals surface area (Å²) in [5.74, 6) is -4.03. The average Bonchev–Trinajstić information content (AvgIpc) is 3.36. The first kappa shape index (κ1) is 20.7. The highest BCUT2D eigenvalue weighted by Crippen LogP contribution is 2.42. The molecular formula is C21H19ClF2N6O2. The fraction of sp³-hybridized carbons (Fsp3) is 0.381. The maximum absolute atomic E-state index is 14.3. The Labute approximate surface area is 185 Å². The fourth-order valence-corrected chi connectivity index (χ4v) is 4.40. The topological polar surface area (TPSA) is 102 Å². The highest BCUT2D eigenvalue weighted by Gasteiger charge is 2.42. The highest BCUT2D eigenvalue weighted by atomic mass is 35.5. The molecule has 0 saturated heterocycles. The molecule has 1 N–H and O–H groups in total. The summed E-state index contributed by atoms with van der Waals surface area (Å²) >= 11 is 6.20. The molecule has 3 heterocycles. The van der Waals surface area contributed by atoms with Gasteiger partial charge in [-0.05, 0) is 30.9 Å². The molecule has 1 saturated carbocycles. The minimum Gasteiger partial charge on any atom is -0.327 e. The van der Waals surface area contributed by atoms with Gasteiger partial charge in [-0.2, -0.15) is 0 Å². The first-order valence-corrected chi connectivity index (χ1v) is 10.6. The van der Waals surface area contributed by atoms with E-state index in [1.54, 1.807) is 31.5 Å². The number of aromatic amines is 1. The lowest BCUT2D eigenvalue weighted by atomic mass is 9.80. The van der Waals surface area contributed by atoms with E-state index in [4.69, 9.17) is 11.6 Å². The molecule has 11 heteroatoms. The van der Waals surface area contributed by atoms with Crippen molar-refractivity contribution in [1.29, 1.82) is 0 Å². The molecule has 2 atom stereocenters. The molecule has 0 aliphatic heterocycles. The van der Waals surface area contributed by atoms with Crippen LogP contribution in [0.15, 0.2) is 39.9 Å². The van der Waals surface area contributed by atoms with E-state index in [0.717, 1.165) is 0 Å². The molecule has 1 aliphatic rings. The Morgan fingerprint density at radius 1 is 1.31 bits per heavy atom. The third-order valence-corrected chi connectivity index (χ3v) is 6.20. The van der Waals surface area contributed by atoms with Crippen molar-refractivity contribution in [3.05, 3.63) is 46.2 Å². The van der Waals surface area contributed by atoms with Crippen molar-refractivity contribution >= 4 is 22.8 Å². The summed E-state index contributed by atoms with van der Waals surface area (Å²) in [6.07, 6.45) is 2.60. The molecule has 1 aromatic carbocycles. The van der Waals surface area contributed by atoms with Gasteiger partial charge in [0, 0.05) is 29.5 Å². The molecule has 1 aliphatic carbocycles. The maximum atomic E-state index is 14.3. The summed E-state index contributed by atoms with van der Waals surface area (Å²) < 4.78 is 35.0. The van der Waals surface area contributed by atoms with Crippen LogP contribution in [-0.2, 0) is 6.54 Å². The van der Waals surface area contributed by atoms with Crippen LogP contribution in [0.1, 0.15) is 26.2 Å². The number of hydrogen-bond donors (Lipinski definition) is 1. The molecule has 1 fully saturated rings. The number of rotatable bonds is 4. The number of fused-ring (bicyclic) bond motifs is 1. The van der Waals surface area contributed by atoms with E-state index in [2.05, 4.69) is 29.6 Å². The summed E-state index contributed by atoms with van der Waals surface area (Å²) in [6, 6.07) is 7.10. The number of H-pyrrole nitrogens is 1. The van der Waals surface area contributed by atoms with Crippen LogP contribution in [0.25, 0.3) is 34.1 Å². The zero-order valence-corrected chi connectivity index (χ0v) is 17.8. The number of imidazole rings is 1. The third-order valence-electron chi connectivity index (χ3n) is 5.97. The van der Waals surface area contributed by atoms with Crippen LogP contribution >= 0.6 is 11.6 Å². The van der Waals surface area contributed by atoms with E-state index in [0.29, 0.717) is 46.8 Å². The minimum absolute atomic E-state index is 0.0654. The molecule has 8 nitrogen and oxygen atoms in total. The number of halogens is 3. The van der Waals surface area contributed by atoms with E-state index >= 15 is 0 Å². The Morgan fingerprint density at radius 3 is 2.88 bits per heavy atom. The van der Waals surface area contributed by atoms with Gasteiger partial charge in [-0.3, -0.25) is 9.51 Å². The van der Waals surface area contributed by atoms with Gasteiger partial charge in [-0.15, -0.1) is 0 Å². The van der Waals surface area contributed by atoms with Gasteiger partial charge >= 0.3 is 5.76 Å². The van der Waals surface area contributed by atoms with E-state index in [1.165, 1.54) is 0 Å². The summed E-state index contributed by atoms with van der Waals surface area (Å²) in [4.78, 5) is 27.2. The zero-order chi connectivity index (χ0) is 22.5. The second kappa shape index (κ2) is 7.77. The second-order valence-corrected chi connectivity index (χ2v) is 8.66. The fourth-order valence-electron chi connectivity index (χ4n) is 4.21. The molecule has 4 aromatic rings. The molecule has 0 radical (unpaired) electrons. The van der Waals surface area contributed by atoms with E-state index in [9.17, 15) is 13.6 Å². The number of hydrogen-bond acceptors (Lipinski definition) is 6. The minimum atomic E-state index is -2.68. The number of benzene rings is 1. The van der Waals surface area contributed by atoms with E-state index in [1.807, 2.05) is 10.6 Å². The van der Waals surface area contributed by atoms with Crippen molar-refractivity contribution < 1.29 is 13.3 Å². The average molecular weight is 461 g/mol. The summed E-state index contributed by atoms with van der Waals surface area (Å²) in [7, 11) is 0. The Morgan fingerprint density at radius 2 is 2.16 bits per heavy atom. The molecule has 0 amide bonds. The lowest BCUT2D eigenvalue weighted by Gasteiger charge is -2.34. The largest absolute Gasteiger partial charge is 0.439 e. The number of nitrogens with one attached hydrogen (secondary N) is 1.